The highest BCUT2D eigenvalue weighted by Crippen LogP contribution is 2.10. The second kappa shape index (κ2) is 8.54. The Labute approximate surface area is 119 Å². The molecule has 0 spiro atoms. The van der Waals surface area contributed by atoms with E-state index in [-0.39, 0.29) is 25.4 Å². The summed E-state index contributed by atoms with van der Waals surface area (Å²) < 4.78 is 5.75. The van der Waals surface area contributed by atoms with Crippen LogP contribution in [-0.2, 0) is 9.53 Å². The van der Waals surface area contributed by atoms with Gasteiger partial charge in [0.15, 0.2) is 0 Å². The van der Waals surface area contributed by atoms with Gasteiger partial charge in [0.25, 0.3) is 0 Å². The number of carbonyl (C=O) groups is 1. The van der Waals surface area contributed by atoms with Crippen LogP contribution in [0.4, 0.5) is 0 Å². The first-order chi connectivity index (χ1) is 8.40. The molecule has 0 radical (unpaired) electrons. The number of likely N-dealkylation sites (N-methyl/N-ethyl adjacent to an activating group) is 1. The van der Waals surface area contributed by atoms with Crippen LogP contribution in [0.3, 0.4) is 0 Å². The molecule has 4 nitrogen and oxygen atoms in total. The molecule has 0 saturated carbocycles. The summed E-state index contributed by atoms with van der Waals surface area (Å²) in [7, 11) is 1.87. The van der Waals surface area contributed by atoms with Crippen molar-refractivity contribution in [1.29, 1.82) is 0 Å². The lowest BCUT2D eigenvalue weighted by Gasteiger charge is -2.35. The quantitative estimate of drug-likeness (QED) is 0.768. The lowest BCUT2D eigenvalue weighted by molar-refractivity contribution is -0.136. The maximum absolute atomic E-state index is 11.8. The Morgan fingerprint density at radius 1 is 1.37 bits per heavy atom. The molecule has 1 atom stereocenters. The molecule has 0 bridgehead atoms. The van der Waals surface area contributed by atoms with E-state index in [0.29, 0.717) is 12.5 Å². The van der Waals surface area contributed by atoms with Gasteiger partial charge in [-0.05, 0) is 5.92 Å². The zero-order valence-electron chi connectivity index (χ0n) is 12.5. The fourth-order valence-corrected chi connectivity index (χ4v) is 2.41. The van der Waals surface area contributed by atoms with Crippen molar-refractivity contribution in [2.24, 2.45) is 11.8 Å². The summed E-state index contributed by atoms with van der Waals surface area (Å²) in [5.41, 5.74) is 0. The van der Waals surface area contributed by atoms with Gasteiger partial charge in [-0.15, -0.1) is 0 Å². The first-order valence-corrected chi connectivity index (χ1v) is 6.99. The van der Waals surface area contributed by atoms with Crippen LogP contribution in [0.25, 0.3) is 0 Å². The zero-order valence-corrected chi connectivity index (χ0v) is 12.5. The molecule has 114 valence electrons. The summed E-state index contributed by atoms with van der Waals surface area (Å²) in [6, 6.07) is 0. The Balaban J connectivity index is 0.00000324. The van der Waals surface area contributed by atoms with Crippen molar-refractivity contribution in [2.45, 2.75) is 41.2 Å². The Morgan fingerprint density at radius 3 is 2.53 bits per heavy atom. The minimum Gasteiger partial charge on any atom is -0.374 e. The molecule has 4 heteroatoms. The van der Waals surface area contributed by atoms with Gasteiger partial charge in [-0.3, -0.25) is 9.69 Å². The third-order valence-corrected chi connectivity index (χ3v) is 3.19. The molecule has 0 aromatic carbocycles. The van der Waals surface area contributed by atoms with Gasteiger partial charge in [-0.1, -0.05) is 35.1 Å². The van der Waals surface area contributed by atoms with E-state index in [2.05, 4.69) is 18.7 Å². The number of hydrogen-bond acceptors (Lipinski definition) is 3. The predicted octanol–water partition coefficient (Wildman–Crippen LogP) is 2.09. The number of hydrogen-bond donors (Lipinski definition) is 0. The van der Waals surface area contributed by atoms with E-state index in [9.17, 15) is 4.79 Å². The third kappa shape index (κ3) is 6.39. The topological polar surface area (TPSA) is 32.8 Å². The highest BCUT2D eigenvalue weighted by molar-refractivity contribution is 5.77. The molecule has 1 rings (SSSR count). The fraction of sp³-hybridized carbons (Fsp3) is 0.933. The van der Waals surface area contributed by atoms with E-state index < -0.39 is 0 Å². The number of amides is 1. The summed E-state index contributed by atoms with van der Waals surface area (Å²) in [6.07, 6.45) is 0.158. The lowest BCUT2D eigenvalue weighted by Crippen LogP contribution is -2.49. The van der Waals surface area contributed by atoms with E-state index in [4.69, 9.17) is 4.74 Å². The Kier molecular flexibility index (Phi) is 8.26. The molecule has 0 aromatic heterocycles. The predicted molar refractivity (Wildman–Crippen MR) is 80.2 cm³/mol. The molecule has 1 amide bonds. The number of morpholine rings is 1. The normalized spacial score (nSPS) is 20.5. The minimum atomic E-state index is 0. The van der Waals surface area contributed by atoms with Crippen molar-refractivity contribution in [1.82, 2.24) is 9.80 Å². The summed E-state index contributed by atoms with van der Waals surface area (Å²) >= 11 is 0. The minimum absolute atomic E-state index is 0. The molecule has 0 unspecified atom stereocenters. The molecule has 0 aliphatic carbocycles. The van der Waals surface area contributed by atoms with Crippen LogP contribution in [0, 0.1) is 11.8 Å². The molecule has 19 heavy (non-hydrogen) atoms. The standard InChI is InChI=1S/C14H28N2O2.CH4/c1-11(2)8-16-6-7-18-13(10-16)9-15(5)14(17)12(3)4;/h11-13H,6-10H2,1-5H3;1H4/t13-;/m0./s1. The van der Waals surface area contributed by atoms with Gasteiger partial charge in [0.1, 0.15) is 0 Å². The smallest absolute Gasteiger partial charge is 0.224 e. The van der Waals surface area contributed by atoms with Gasteiger partial charge in [-0.25, -0.2) is 0 Å². The van der Waals surface area contributed by atoms with Gasteiger partial charge in [0.2, 0.25) is 5.91 Å². The van der Waals surface area contributed by atoms with E-state index in [1.807, 2.05) is 20.9 Å². The van der Waals surface area contributed by atoms with Crippen LogP contribution in [0.5, 0.6) is 0 Å². The molecule has 1 aliphatic heterocycles. The highest BCUT2D eigenvalue weighted by Gasteiger charge is 2.24. The molecule has 1 saturated heterocycles. The van der Waals surface area contributed by atoms with Crippen LogP contribution in [0.1, 0.15) is 35.1 Å². The first-order valence-electron chi connectivity index (χ1n) is 6.99. The van der Waals surface area contributed by atoms with E-state index >= 15 is 0 Å². The van der Waals surface area contributed by atoms with Crippen molar-refractivity contribution in [2.75, 3.05) is 39.8 Å². The highest BCUT2D eigenvalue weighted by atomic mass is 16.5. The van der Waals surface area contributed by atoms with Gasteiger partial charge in [-0.2, -0.15) is 0 Å². The number of carbonyl (C=O) groups excluding carboxylic acids is 1. The lowest BCUT2D eigenvalue weighted by atomic mass is 10.1. The summed E-state index contributed by atoms with van der Waals surface area (Å²) in [5, 5.41) is 0. The van der Waals surface area contributed by atoms with Crippen LogP contribution < -0.4 is 0 Å². The summed E-state index contributed by atoms with van der Waals surface area (Å²) in [5.74, 6) is 0.934. The summed E-state index contributed by atoms with van der Waals surface area (Å²) in [4.78, 5) is 16.1. The molecule has 0 aromatic rings. The average molecular weight is 272 g/mol. The first kappa shape index (κ1) is 18.4. The second-order valence-corrected chi connectivity index (χ2v) is 6.02. The maximum atomic E-state index is 11.8. The summed E-state index contributed by atoms with van der Waals surface area (Å²) in [6.45, 7) is 12.9. The molecule has 1 heterocycles. The van der Waals surface area contributed by atoms with Crippen molar-refractivity contribution in [3.8, 4) is 0 Å². The molecule has 1 fully saturated rings. The monoisotopic (exact) mass is 272 g/mol. The van der Waals surface area contributed by atoms with Gasteiger partial charge in [0.05, 0.1) is 12.7 Å². The molecule has 1 aliphatic rings. The van der Waals surface area contributed by atoms with Crippen LogP contribution in [0.15, 0.2) is 0 Å². The van der Waals surface area contributed by atoms with Crippen LogP contribution in [-0.4, -0.2) is 61.6 Å². The number of ether oxygens (including phenoxy) is 1. The van der Waals surface area contributed by atoms with Crippen molar-refractivity contribution in [3.05, 3.63) is 0 Å². The largest absolute Gasteiger partial charge is 0.374 e. The molecule has 0 N–H and O–H groups in total. The zero-order chi connectivity index (χ0) is 13.7. The maximum Gasteiger partial charge on any atom is 0.224 e. The van der Waals surface area contributed by atoms with E-state index in [0.717, 1.165) is 26.2 Å². The van der Waals surface area contributed by atoms with Gasteiger partial charge in [0, 0.05) is 39.1 Å². The second-order valence-electron chi connectivity index (χ2n) is 6.02. The fourth-order valence-electron chi connectivity index (χ4n) is 2.41. The molecular formula is C15H32N2O2. The van der Waals surface area contributed by atoms with E-state index in [1.54, 1.807) is 4.90 Å². The Morgan fingerprint density at radius 2 is 2.00 bits per heavy atom. The van der Waals surface area contributed by atoms with Crippen LogP contribution >= 0.6 is 0 Å². The van der Waals surface area contributed by atoms with Crippen LogP contribution in [0.2, 0.25) is 0 Å². The number of rotatable bonds is 5. The van der Waals surface area contributed by atoms with E-state index in [1.165, 1.54) is 0 Å². The van der Waals surface area contributed by atoms with Gasteiger partial charge < -0.3 is 9.64 Å². The average Bonchev–Trinajstić information content (AvgIpc) is 2.27. The van der Waals surface area contributed by atoms with Gasteiger partial charge >= 0.3 is 0 Å². The number of nitrogens with zero attached hydrogens (tertiary/aromatic N) is 2. The molecular weight excluding hydrogens is 240 g/mol. The van der Waals surface area contributed by atoms with Crippen molar-refractivity contribution >= 4 is 5.91 Å². The Hall–Kier alpha value is -0.610. The SMILES string of the molecule is C.CC(C)CN1CCO[C@@H](CN(C)C(=O)C(C)C)C1. The third-order valence-electron chi connectivity index (χ3n) is 3.19. The van der Waals surface area contributed by atoms with Crippen molar-refractivity contribution in [3.63, 3.8) is 0 Å². The Bertz CT molecular complexity index is 267. The van der Waals surface area contributed by atoms with Crippen molar-refractivity contribution < 1.29 is 9.53 Å².